The smallest absolute Gasteiger partial charge is 0.145 e. The highest BCUT2D eigenvalue weighted by Gasteiger charge is 2.12. The predicted octanol–water partition coefficient (Wildman–Crippen LogP) is 2.03. The minimum Gasteiger partial charge on any atom is -0.312 e. The highest BCUT2D eigenvalue weighted by molar-refractivity contribution is 14.1. The molecule has 0 fully saturated rings. The van der Waals surface area contributed by atoms with Crippen LogP contribution >= 0.6 is 23.0 Å². The summed E-state index contributed by atoms with van der Waals surface area (Å²) >= 11 is 1.91. The van der Waals surface area contributed by atoms with E-state index in [9.17, 15) is 4.79 Å². The molecule has 56 valence electrons. The van der Waals surface area contributed by atoms with Crippen molar-refractivity contribution in [3.8, 4) is 0 Å². The predicted molar refractivity (Wildman–Crippen MR) is 46.9 cm³/mol. The Bertz CT molecular complexity index is 154. The van der Waals surface area contributed by atoms with Crippen LogP contribution in [0.15, 0.2) is 11.6 Å². The van der Waals surface area contributed by atoms with Crippen molar-refractivity contribution in [2.24, 2.45) is 0 Å². The van der Waals surface area contributed by atoms with Crippen LogP contribution in [0.5, 0.6) is 0 Å². The molecule has 0 radical (unpaired) electrons. The molecule has 1 atom stereocenters. The minimum absolute atomic E-state index is 0.323. The van der Waals surface area contributed by atoms with Gasteiger partial charge in [0.05, 0.1) is 6.10 Å². The summed E-state index contributed by atoms with van der Waals surface area (Å²) in [6.07, 6.45) is 5.95. The van der Waals surface area contributed by atoms with E-state index in [0.717, 1.165) is 31.1 Å². The number of carbonyl (C=O) groups excluding carboxylic acids is 1. The minimum atomic E-state index is 0.323. The fraction of sp³-hybridized carbons (Fsp3) is 0.571. The summed E-state index contributed by atoms with van der Waals surface area (Å²) in [7, 11) is 0. The second-order valence-corrected chi connectivity index (χ2v) is 2.89. The van der Waals surface area contributed by atoms with Gasteiger partial charge in [-0.3, -0.25) is 4.79 Å². The van der Waals surface area contributed by atoms with Gasteiger partial charge >= 0.3 is 0 Å². The summed E-state index contributed by atoms with van der Waals surface area (Å²) in [4.78, 5) is 10.2. The Morgan fingerprint density at radius 1 is 1.80 bits per heavy atom. The van der Waals surface area contributed by atoms with E-state index in [0.29, 0.717) is 6.10 Å². The van der Waals surface area contributed by atoms with E-state index < -0.39 is 0 Å². The first kappa shape index (κ1) is 8.20. The average Bonchev–Trinajstić information content (AvgIpc) is 2.05. The molecular weight excluding hydrogens is 243 g/mol. The monoisotopic (exact) mass is 252 g/mol. The number of carbonyl (C=O) groups is 1. The zero-order valence-corrected chi connectivity index (χ0v) is 7.71. The van der Waals surface area contributed by atoms with E-state index >= 15 is 0 Å². The molecule has 0 heterocycles. The van der Waals surface area contributed by atoms with Gasteiger partial charge in [-0.25, -0.2) is 0 Å². The van der Waals surface area contributed by atoms with Crippen LogP contribution in [-0.2, 0) is 7.86 Å². The summed E-state index contributed by atoms with van der Waals surface area (Å²) in [6.45, 7) is 0. The highest BCUT2D eigenvalue weighted by atomic mass is 127. The normalized spacial score (nSPS) is 25.7. The van der Waals surface area contributed by atoms with Crippen molar-refractivity contribution in [3.05, 3.63) is 11.6 Å². The number of aldehydes is 1. The third-order valence-corrected chi connectivity index (χ3v) is 2.39. The van der Waals surface area contributed by atoms with Crippen molar-refractivity contribution in [1.29, 1.82) is 0 Å². The zero-order valence-electron chi connectivity index (χ0n) is 5.55. The Morgan fingerprint density at radius 3 is 3.00 bits per heavy atom. The number of hydrogen-bond acceptors (Lipinski definition) is 2. The van der Waals surface area contributed by atoms with Gasteiger partial charge in [0.1, 0.15) is 29.3 Å². The molecule has 2 nitrogen and oxygen atoms in total. The van der Waals surface area contributed by atoms with E-state index in [1.807, 2.05) is 29.1 Å². The lowest BCUT2D eigenvalue weighted by molar-refractivity contribution is -0.105. The quantitative estimate of drug-likeness (QED) is 0.555. The molecule has 0 aromatic carbocycles. The van der Waals surface area contributed by atoms with Gasteiger partial charge in [-0.05, 0) is 24.8 Å². The van der Waals surface area contributed by atoms with Crippen LogP contribution in [0.3, 0.4) is 0 Å². The van der Waals surface area contributed by atoms with Crippen LogP contribution in [0.25, 0.3) is 0 Å². The fourth-order valence-electron chi connectivity index (χ4n) is 1.02. The first-order chi connectivity index (χ1) is 4.86. The molecule has 1 unspecified atom stereocenters. The molecule has 0 aliphatic heterocycles. The molecule has 0 saturated carbocycles. The van der Waals surface area contributed by atoms with Crippen molar-refractivity contribution in [2.45, 2.75) is 25.4 Å². The third kappa shape index (κ3) is 2.05. The first-order valence-corrected chi connectivity index (χ1v) is 4.16. The van der Waals surface area contributed by atoms with Crippen LogP contribution in [0.4, 0.5) is 0 Å². The van der Waals surface area contributed by atoms with Gasteiger partial charge < -0.3 is 3.07 Å². The van der Waals surface area contributed by atoms with Gasteiger partial charge in [0.15, 0.2) is 0 Å². The summed E-state index contributed by atoms with van der Waals surface area (Å²) < 4.78 is 5.09. The van der Waals surface area contributed by atoms with Crippen molar-refractivity contribution in [3.63, 3.8) is 0 Å². The lowest BCUT2D eigenvalue weighted by Gasteiger charge is -2.15. The van der Waals surface area contributed by atoms with Crippen molar-refractivity contribution in [1.82, 2.24) is 0 Å². The van der Waals surface area contributed by atoms with E-state index in [1.165, 1.54) is 0 Å². The van der Waals surface area contributed by atoms with Gasteiger partial charge in [0.2, 0.25) is 0 Å². The molecule has 0 aromatic heterocycles. The molecule has 0 saturated heterocycles. The van der Waals surface area contributed by atoms with Gasteiger partial charge in [-0.2, -0.15) is 0 Å². The highest BCUT2D eigenvalue weighted by Crippen LogP contribution is 2.20. The molecule has 0 spiro atoms. The van der Waals surface area contributed by atoms with Crippen LogP contribution in [0, 0.1) is 0 Å². The van der Waals surface area contributed by atoms with E-state index in [4.69, 9.17) is 3.07 Å². The van der Waals surface area contributed by atoms with E-state index in [-0.39, 0.29) is 0 Å². The Hall–Kier alpha value is 0.1000. The van der Waals surface area contributed by atoms with E-state index in [2.05, 4.69) is 0 Å². The Balaban J connectivity index is 2.43. The Morgan fingerprint density at radius 2 is 2.60 bits per heavy atom. The standard InChI is InChI=1S/C7H9IO2/c8-10-7-3-1-6(5-9)2-4-7/h1,5,7H,2-4H2. The maximum Gasteiger partial charge on any atom is 0.145 e. The Labute approximate surface area is 74.3 Å². The lowest BCUT2D eigenvalue weighted by atomic mass is 9.98. The first-order valence-electron chi connectivity index (χ1n) is 3.28. The maximum absolute atomic E-state index is 10.2. The molecule has 3 heteroatoms. The average molecular weight is 252 g/mol. The molecule has 0 N–H and O–H groups in total. The van der Waals surface area contributed by atoms with Crippen LogP contribution in [0.1, 0.15) is 19.3 Å². The SMILES string of the molecule is O=CC1=CCC(OI)CC1. The molecule has 0 bridgehead atoms. The molecule has 10 heavy (non-hydrogen) atoms. The topological polar surface area (TPSA) is 26.3 Å². The largest absolute Gasteiger partial charge is 0.312 e. The molecular formula is C7H9IO2. The van der Waals surface area contributed by atoms with Crippen LogP contribution < -0.4 is 0 Å². The van der Waals surface area contributed by atoms with Crippen LogP contribution in [-0.4, -0.2) is 12.4 Å². The van der Waals surface area contributed by atoms with Gasteiger partial charge in [-0.15, -0.1) is 0 Å². The number of hydrogen-bond donors (Lipinski definition) is 0. The summed E-state index contributed by atoms with van der Waals surface area (Å²) in [6, 6.07) is 0. The molecule has 0 aromatic rings. The molecule has 1 aliphatic carbocycles. The summed E-state index contributed by atoms with van der Waals surface area (Å²) in [5.41, 5.74) is 0.921. The zero-order chi connectivity index (χ0) is 7.40. The van der Waals surface area contributed by atoms with Gasteiger partial charge in [0, 0.05) is 0 Å². The lowest BCUT2D eigenvalue weighted by Crippen LogP contribution is -2.11. The summed E-state index contributed by atoms with van der Waals surface area (Å²) in [5, 5.41) is 0. The van der Waals surface area contributed by atoms with Crippen molar-refractivity contribution < 1.29 is 7.86 Å². The number of rotatable bonds is 2. The third-order valence-electron chi connectivity index (χ3n) is 1.68. The maximum atomic E-state index is 10.2. The summed E-state index contributed by atoms with van der Waals surface area (Å²) in [5.74, 6) is 0. The second kappa shape index (κ2) is 4.08. The Kier molecular flexibility index (Phi) is 3.34. The molecule has 1 rings (SSSR count). The number of allylic oxidation sites excluding steroid dienone is 1. The second-order valence-electron chi connectivity index (χ2n) is 2.38. The van der Waals surface area contributed by atoms with Crippen molar-refractivity contribution in [2.75, 3.05) is 0 Å². The van der Waals surface area contributed by atoms with Gasteiger partial charge in [-0.1, -0.05) is 6.08 Å². The number of halogens is 1. The van der Waals surface area contributed by atoms with Gasteiger partial charge in [0.25, 0.3) is 0 Å². The van der Waals surface area contributed by atoms with Crippen molar-refractivity contribution >= 4 is 29.3 Å². The molecule has 1 aliphatic rings. The van der Waals surface area contributed by atoms with Crippen LogP contribution in [0.2, 0.25) is 0 Å². The molecule has 0 amide bonds. The fourth-order valence-corrected chi connectivity index (χ4v) is 1.48. The van der Waals surface area contributed by atoms with E-state index in [1.54, 1.807) is 0 Å².